The predicted molar refractivity (Wildman–Crippen MR) is 77.9 cm³/mol. The van der Waals surface area contributed by atoms with Gasteiger partial charge in [0.25, 0.3) is 0 Å². The highest BCUT2D eigenvalue weighted by Gasteiger charge is 2.18. The van der Waals surface area contributed by atoms with Gasteiger partial charge in [-0.1, -0.05) is 11.6 Å². The molecule has 2 heterocycles. The Hall–Kier alpha value is -1.92. The van der Waals surface area contributed by atoms with Crippen LogP contribution in [0.3, 0.4) is 0 Å². The van der Waals surface area contributed by atoms with Gasteiger partial charge in [-0.05, 0) is 12.1 Å². The Morgan fingerprint density at radius 1 is 1.38 bits per heavy atom. The van der Waals surface area contributed by atoms with E-state index in [4.69, 9.17) is 16.3 Å². The first-order valence-corrected chi connectivity index (χ1v) is 6.86. The summed E-state index contributed by atoms with van der Waals surface area (Å²) in [5.74, 6) is 0.412. The van der Waals surface area contributed by atoms with Crippen molar-refractivity contribution >= 4 is 17.4 Å². The van der Waals surface area contributed by atoms with Crippen molar-refractivity contribution in [1.82, 2.24) is 15.3 Å². The Kier molecular flexibility index (Phi) is 3.90. The molecule has 2 N–H and O–H groups in total. The second-order valence-corrected chi connectivity index (χ2v) is 5.05. The van der Waals surface area contributed by atoms with E-state index in [2.05, 4.69) is 20.6 Å². The Morgan fingerprint density at radius 2 is 2.24 bits per heavy atom. The quantitative estimate of drug-likeness (QED) is 0.909. The summed E-state index contributed by atoms with van der Waals surface area (Å²) in [6.45, 7) is 1.65. The Bertz CT molecular complexity index is 680. The molecule has 1 aromatic carbocycles. The number of hydrogen-bond donors (Lipinski definition) is 2. The maximum atomic E-state index is 14.2. The van der Waals surface area contributed by atoms with Crippen molar-refractivity contribution in [2.24, 2.45) is 0 Å². The van der Waals surface area contributed by atoms with Crippen LogP contribution in [0.5, 0.6) is 5.75 Å². The second-order valence-electron chi connectivity index (χ2n) is 4.65. The number of nitrogens with zero attached hydrogens (tertiary/aromatic N) is 2. The van der Waals surface area contributed by atoms with Crippen molar-refractivity contribution in [2.45, 2.75) is 19.6 Å². The molecule has 21 heavy (non-hydrogen) atoms. The molecular weight excluding hydrogens is 295 g/mol. The first kappa shape index (κ1) is 14.0. The summed E-state index contributed by atoms with van der Waals surface area (Å²) < 4.78 is 19.2. The summed E-state index contributed by atoms with van der Waals surface area (Å²) in [5.41, 5.74) is 2.33. The molecule has 0 bridgehead atoms. The number of hydrogen-bond acceptors (Lipinski definition) is 5. The average molecular weight is 309 g/mol. The number of methoxy groups -OCH3 is 1. The van der Waals surface area contributed by atoms with Crippen molar-refractivity contribution in [3.63, 3.8) is 0 Å². The highest BCUT2D eigenvalue weighted by atomic mass is 35.5. The van der Waals surface area contributed by atoms with Crippen LogP contribution in [0, 0.1) is 5.82 Å². The van der Waals surface area contributed by atoms with Gasteiger partial charge >= 0.3 is 0 Å². The first-order chi connectivity index (χ1) is 10.2. The van der Waals surface area contributed by atoms with Crippen molar-refractivity contribution in [1.29, 1.82) is 0 Å². The standard InChI is InChI=1S/C14H14ClFN4O/c1-21-12-3-2-10(15)8(13(12)16)5-18-14-9-4-17-6-11(9)19-7-20-14/h2-3,7,17H,4-6H2,1H3,(H,18,19,20). The van der Waals surface area contributed by atoms with Gasteiger partial charge in [-0.15, -0.1) is 0 Å². The van der Waals surface area contributed by atoms with Crippen molar-refractivity contribution in [3.05, 3.63) is 46.1 Å². The normalized spacial score (nSPS) is 13.1. The molecule has 3 rings (SSSR count). The minimum Gasteiger partial charge on any atom is -0.494 e. The monoisotopic (exact) mass is 308 g/mol. The molecule has 0 atom stereocenters. The molecule has 0 fully saturated rings. The van der Waals surface area contributed by atoms with Crippen molar-refractivity contribution in [3.8, 4) is 5.75 Å². The minimum absolute atomic E-state index is 0.172. The zero-order chi connectivity index (χ0) is 14.8. The van der Waals surface area contributed by atoms with E-state index in [1.807, 2.05) is 0 Å². The van der Waals surface area contributed by atoms with Crippen molar-refractivity contribution < 1.29 is 9.13 Å². The smallest absolute Gasteiger partial charge is 0.171 e. The third kappa shape index (κ3) is 2.64. The van der Waals surface area contributed by atoms with E-state index in [9.17, 15) is 4.39 Å². The van der Waals surface area contributed by atoms with E-state index < -0.39 is 5.82 Å². The summed E-state index contributed by atoms with van der Waals surface area (Å²) in [6.07, 6.45) is 1.50. The number of aromatic nitrogens is 2. The number of nitrogens with one attached hydrogen (secondary N) is 2. The van der Waals surface area contributed by atoms with Gasteiger partial charge in [0.15, 0.2) is 11.6 Å². The molecule has 2 aromatic rings. The summed E-state index contributed by atoms with van der Waals surface area (Å²) in [4.78, 5) is 8.41. The van der Waals surface area contributed by atoms with E-state index in [0.29, 0.717) is 22.9 Å². The summed E-state index contributed by atoms with van der Waals surface area (Å²) in [5, 5.41) is 6.68. The predicted octanol–water partition coefficient (Wildman–Crippen LogP) is 2.49. The van der Waals surface area contributed by atoms with E-state index >= 15 is 0 Å². The van der Waals surface area contributed by atoms with Gasteiger partial charge in [-0.2, -0.15) is 0 Å². The van der Waals surface area contributed by atoms with Crippen LogP contribution in [-0.4, -0.2) is 17.1 Å². The third-order valence-electron chi connectivity index (χ3n) is 3.43. The highest BCUT2D eigenvalue weighted by Crippen LogP contribution is 2.28. The van der Waals surface area contributed by atoms with E-state index in [-0.39, 0.29) is 12.3 Å². The van der Waals surface area contributed by atoms with Crippen LogP contribution >= 0.6 is 11.6 Å². The third-order valence-corrected chi connectivity index (χ3v) is 3.79. The number of fused-ring (bicyclic) bond motifs is 1. The molecule has 0 saturated heterocycles. The SMILES string of the molecule is COc1ccc(Cl)c(CNc2ncnc3c2CNC3)c1F. The van der Waals surface area contributed by atoms with Crippen LogP contribution in [0.1, 0.15) is 16.8 Å². The fourth-order valence-electron chi connectivity index (χ4n) is 2.31. The molecule has 0 radical (unpaired) electrons. The lowest BCUT2D eigenvalue weighted by atomic mass is 10.2. The Balaban J connectivity index is 1.84. The van der Waals surface area contributed by atoms with Crippen LogP contribution in [0.4, 0.5) is 10.2 Å². The zero-order valence-corrected chi connectivity index (χ0v) is 12.2. The molecule has 7 heteroatoms. The molecule has 1 aromatic heterocycles. The number of halogens is 2. The molecular formula is C14H14ClFN4O. The molecule has 110 valence electrons. The van der Waals surface area contributed by atoms with E-state index in [0.717, 1.165) is 17.8 Å². The van der Waals surface area contributed by atoms with Gasteiger partial charge in [0.05, 0.1) is 12.8 Å². The van der Waals surface area contributed by atoms with Crippen LogP contribution in [0.15, 0.2) is 18.5 Å². The van der Waals surface area contributed by atoms with Gasteiger partial charge in [-0.25, -0.2) is 14.4 Å². The largest absolute Gasteiger partial charge is 0.494 e. The van der Waals surface area contributed by atoms with E-state index in [1.165, 1.54) is 19.5 Å². The number of benzene rings is 1. The van der Waals surface area contributed by atoms with Gasteiger partial charge in [0, 0.05) is 35.8 Å². The number of anilines is 1. The van der Waals surface area contributed by atoms with E-state index in [1.54, 1.807) is 6.07 Å². The lowest BCUT2D eigenvalue weighted by Gasteiger charge is -2.12. The molecule has 0 saturated carbocycles. The maximum Gasteiger partial charge on any atom is 0.171 e. The summed E-state index contributed by atoms with van der Waals surface area (Å²) >= 11 is 6.06. The molecule has 5 nitrogen and oxygen atoms in total. The zero-order valence-electron chi connectivity index (χ0n) is 11.4. The Labute approximate surface area is 126 Å². The minimum atomic E-state index is -0.457. The molecule has 0 unspecified atom stereocenters. The number of ether oxygens (including phenoxy) is 1. The number of rotatable bonds is 4. The fourth-order valence-corrected chi connectivity index (χ4v) is 2.53. The van der Waals surface area contributed by atoms with Crippen LogP contribution in [0.25, 0.3) is 0 Å². The lowest BCUT2D eigenvalue weighted by Crippen LogP contribution is -2.08. The molecule has 0 spiro atoms. The summed E-state index contributed by atoms with van der Waals surface area (Å²) in [7, 11) is 1.42. The maximum absolute atomic E-state index is 14.2. The summed E-state index contributed by atoms with van der Waals surface area (Å²) in [6, 6.07) is 3.12. The molecule has 0 aliphatic carbocycles. The molecule has 1 aliphatic rings. The Morgan fingerprint density at radius 3 is 3.05 bits per heavy atom. The lowest BCUT2D eigenvalue weighted by molar-refractivity contribution is 0.384. The molecule has 0 amide bonds. The van der Waals surface area contributed by atoms with Gasteiger partial charge in [-0.3, -0.25) is 0 Å². The second kappa shape index (κ2) is 5.83. The molecule has 1 aliphatic heterocycles. The fraction of sp³-hybridized carbons (Fsp3) is 0.286. The van der Waals surface area contributed by atoms with Crippen molar-refractivity contribution in [2.75, 3.05) is 12.4 Å². The van der Waals surface area contributed by atoms with Gasteiger partial charge in [0.2, 0.25) is 0 Å². The van der Waals surface area contributed by atoms with Crippen LogP contribution in [0.2, 0.25) is 5.02 Å². The van der Waals surface area contributed by atoms with Gasteiger partial charge in [0.1, 0.15) is 12.1 Å². The highest BCUT2D eigenvalue weighted by molar-refractivity contribution is 6.31. The van der Waals surface area contributed by atoms with Crippen LogP contribution < -0.4 is 15.4 Å². The van der Waals surface area contributed by atoms with Gasteiger partial charge < -0.3 is 15.4 Å². The topological polar surface area (TPSA) is 59.1 Å². The average Bonchev–Trinajstić information content (AvgIpc) is 2.96. The first-order valence-electron chi connectivity index (χ1n) is 6.49. The van der Waals surface area contributed by atoms with Crippen LogP contribution in [-0.2, 0) is 19.6 Å².